The Kier molecular flexibility index (Phi) is 4.81. The normalized spacial score (nSPS) is 21.2. The van der Waals surface area contributed by atoms with Crippen LogP contribution in [0.5, 0.6) is 5.75 Å². The fourth-order valence-electron chi connectivity index (χ4n) is 3.29. The second kappa shape index (κ2) is 6.80. The van der Waals surface area contributed by atoms with Crippen LogP contribution in [0.25, 0.3) is 0 Å². The third-order valence-corrected chi connectivity index (χ3v) is 4.93. The van der Waals surface area contributed by atoms with Crippen LogP contribution >= 0.6 is 0 Å². The van der Waals surface area contributed by atoms with Gasteiger partial charge < -0.3 is 16.2 Å². The molecule has 0 radical (unpaired) electrons. The highest BCUT2D eigenvalue weighted by atomic mass is 16.5. The smallest absolute Gasteiger partial charge is 0.122 e. The first-order valence-electron chi connectivity index (χ1n) is 8.50. The SMILES string of the molecule is NCC(N)c1ccc(OCC2CC2)c(C2CCCCC2)c1. The quantitative estimate of drug-likeness (QED) is 0.842. The van der Waals surface area contributed by atoms with Crippen LogP contribution in [-0.2, 0) is 0 Å². The molecule has 0 heterocycles. The number of hydrogen-bond acceptors (Lipinski definition) is 3. The Morgan fingerprint density at radius 1 is 1.10 bits per heavy atom. The van der Waals surface area contributed by atoms with Crippen LogP contribution in [0, 0.1) is 5.92 Å². The molecule has 4 N–H and O–H groups in total. The van der Waals surface area contributed by atoms with E-state index in [-0.39, 0.29) is 6.04 Å². The second-order valence-electron chi connectivity index (χ2n) is 6.73. The molecule has 2 aliphatic rings. The van der Waals surface area contributed by atoms with Gasteiger partial charge >= 0.3 is 0 Å². The molecule has 3 heteroatoms. The minimum Gasteiger partial charge on any atom is -0.493 e. The zero-order chi connectivity index (χ0) is 14.7. The molecule has 21 heavy (non-hydrogen) atoms. The van der Waals surface area contributed by atoms with E-state index in [9.17, 15) is 0 Å². The molecule has 0 aromatic heterocycles. The summed E-state index contributed by atoms with van der Waals surface area (Å²) < 4.78 is 6.11. The van der Waals surface area contributed by atoms with Crippen LogP contribution in [-0.4, -0.2) is 13.2 Å². The Bertz CT molecular complexity index is 464. The molecule has 0 amide bonds. The van der Waals surface area contributed by atoms with Crippen molar-refractivity contribution in [1.82, 2.24) is 0 Å². The lowest BCUT2D eigenvalue weighted by molar-refractivity contribution is 0.291. The standard InChI is InChI=1S/C18H28N2O/c19-11-17(20)15-8-9-18(21-12-13-6-7-13)16(10-15)14-4-2-1-3-5-14/h8-10,13-14,17H,1-7,11-12,19-20H2. The first kappa shape index (κ1) is 14.9. The van der Waals surface area contributed by atoms with Gasteiger partial charge in [0, 0.05) is 12.6 Å². The summed E-state index contributed by atoms with van der Waals surface area (Å²) in [5, 5.41) is 0. The summed E-state index contributed by atoms with van der Waals surface area (Å²) >= 11 is 0. The monoisotopic (exact) mass is 288 g/mol. The van der Waals surface area contributed by atoms with Crippen molar-refractivity contribution in [3.63, 3.8) is 0 Å². The van der Waals surface area contributed by atoms with E-state index in [0.717, 1.165) is 23.8 Å². The summed E-state index contributed by atoms with van der Waals surface area (Å²) in [5.74, 6) is 2.51. The zero-order valence-corrected chi connectivity index (χ0v) is 12.9. The molecule has 2 fully saturated rings. The molecule has 0 saturated heterocycles. The van der Waals surface area contributed by atoms with Crippen LogP contribution in [0.15, 0.2) is 18.2 Å². The van der Waals surface area contributed by atoms with Gasteiger partial charge in [0.2, 0.25) is 0 Å². The lowest BCUT2D eigenvalue weighted by Gasteiger charge is -2.25. The van der Waals surface area contributed by atoms with E-state index in [2.05, 4.69) is 18.2 Å². The van der Waals surface area contributed by atoms with Crippen LogP contribution in [0.1, 0.15) is 68.0 Å². The van der Waals surface area contributed by atoms with Crippen LogP contribution in [0.4, 0.5) is 0 Å². The van der Waals surface area contributed by atoms with Gasteiger partial charge in [-0.1, -0.05) is 31.4 Å². The van der Waals surface area contributed by atoms with Gasteiger partial charge in [0.15, 0.2) is 0 Å². The molecule has 1 aromatic rings. The van der Waals surface area contributed by atoms with Gasteiger partial charge in [0.25, 0.3) is 0 Å². The van der Waals surface area contributed by atoms with Gasteiger partial charge in [-0.05, 0) is 54.7 Å². The van der Waals surface area contributed by atoms with Crippen molar-refractivity contribution >= 4 is 0 Å². The largest absolute Gasteiger partial charge is 0.493 e. The van der Waals surface area contributed by atoms with E-state index in [1.807, 2.05) is 0 Å². The number of ether oxygens (including phenoxy) is 1. The van der Waals surface area contributed by atoms with Gasteiger partial charge in [-0.15, -0.1) is 0 Å². The fraction of sp³-hybridized carbons (Fsp3) is 0.667. The number of hydrogen-bond donors (Lipinski definition) is 2. The van der Waals surface area contributed by atoms with Crippen LogP contribution in [0.3, 0.4) is 0 Å². The maximum Gasteiger partial charge on any atom is 0.122 e. The number of nitrogens with two attached hydrogens (primary N) is 2. The Morgan fingerprint density at radius 2 is 1.86 bits per heavy atom. The van der Waals surface area contributed by atoms with Crippen molar-refractivity contribution in [2.45, 2.75) is 56.9 Å². The second-order valence-corrected chi connectivity index (χ2v) is 6.73. The number of rotatable bonds is 6. The lowest BCUT2D eigenvalue weighted by Crippen LogP contribution is -2.21. The highest BCUT2D eigenvalue weighted by Gasteiger charge is 2.24. The molecule has 3 nitrogen and oxygen atoms in total. The summed E-state index contributed by atoms with van der Waals surface area (Å²) in [4.78, 5) is 0. The molecule has 1 unspecified atom stereocenters. The highest BCUT2D eigenvalue weighted by Crippen LogP contribution is 2.39. The van der Waals surface area contributed by atoms with Crippen molar-refractivity contribution in [2.24, 2.45) is 17.4 Å². The predicted molar refractivity (Wildman–Crippen MR) is 86.5 cm³/mol. The van der Waals surface area contributed by atoms with Gasteiger partial charge in [-0.3, -0.25) is 0 Å². The minimum absolute atomic E-state index is 0.0650. The Morgan fingerprint density at radius 3 is 2.52 bits per heavy atom. The molecule has 2 saturated carbocycles. The van der Waals surface area contributed by atoms with E-state index < -0.39 is 0 Å². The predicted octanol–water partition coefficient (Wildman–Crippen LogP) is 3.48. The van der Waals surface area contributed by atoms with Crippen molar-refractivity contribution in [3.8, 4) is 5.75 Å². The van der Waals surface area contributed by atoms with E-state index in [1.54, 1.807) is 0 Å². The van der Waals surface area contributed by atoms with Crippen molar-refractivity contribution in [1.29, 1.82) is 0 Å². The van der Waals surface area contributed by atoms with Crippen molar-refractivity contribution in [3.05, 3.63) is 29.3 Å². The molecular weight excluding hydrogens is 260 g/mol. The third kappa shape index (κ3) is 3.78. The topological polar surface area (TPSA) is 61.3 Å². The number of benzene rings is 1. The summed E-state index contributed by atoms with van der Waals surface area (Å²) in [6.07, 6.45) is 9.25. The summed E-state index contributed by atoms with van der Waals surface area (Å²) in [6.45, 7) is 1.37. The molecule has 0 spiro atoms. The maximum absolute atomic E-state index is 6.11. The molecule has 0 bridgehead atoms. The average Bonchev–Trinajstić information content (AvgIpc) is 3.37. The third-order valence-electron chi connectivity index (χ3n) is 4.93. The van der Waals surface area contributed by atoms with Crippen molar-refractivity contribution < 1.29 is 4.74 Å². The van der Waals surface area contributed by atoms with Crippen LogP contribution in [0.2, 0.25) is 0 Å². The van der Waals surface area contributed by atoms with Gasteiger partial charge in [-0.25, -0.2) is 0 Å². The fourth-order valence-corrected chi connectivity index (χ4v) is 3.29. The molecule has 1 atom stereocenters. The van der Waals surface area contributed by atoms with Crippen LogP contribution < -0.4 is 16.2 Å². The van der Waals surface area contributed by atoms with Gasteiger partial charge in [0.1, 0.15) is 5.75 Å². The first-order chi connectivity index (χ1) is 10.3. The lowest BCUT2D eigenvalue weighted by atomic mass is 9.82. The summed E-state index contributed by atoms with van der Waals surface area (Å²) in [5.41, 5.74) is 14.4. The zero-order valence-electron chi connectivity index (χ0n) is 12.9. The Labute approximate surface area is 128 Å². The molecule has 2 aliphatic carbocycles. The average molecular weight is 288 g/mol. The molecule has 0 aliphatic heterocycles. The molecular formula is C18H28N2O. The van der Waals surface area contributed by atoms with Gasteiger partial charge in [0.05, 0.1) is 6.61 Å². The summed E-state index contributed by atoms with van der Waals surface area (Å²) in [7, 11) is 0. The summed E-state index contributed by atoms with van der Waals surface area (Å²) in [6, 6.07) is 6.41. The van der Waals surface area contributed by atoms with E-state index in [4.69, 9.17) is 16.2 Å². The van der Waals surface area contributed by atoms with Crippen molar-refractivity contribution in [2.75, 3.05) is 13.2 Å². The molecule has 116 valence electrons. The minimum atomic E-state index is -0.0650. The Hall–Kier alpha value is -1.06. The van der Waals surface area contributed by atoms with E-state index in [0.29, 0.717) is 12.5 Å². The maximum atomic E-state index is 6.11. The highest BCUT2D eigenvalue weighted by molar-refractivity contribution is 5.41. The Balaban J connectivity index is 1.81. The first-order valence-corrected chi connectivity index (χ1v) is 8.50. The van der Waals surface area contributed by atoms with Gasteiger partial charge in [-0.2, -0.15) is 0 Å². The van der Waals surface area contributed by atoms with E-state index in [1.165, 1.54) is 50.5 Å². The van der Waals surface area contributed by atoms with E-state index >= 15 is 0 Å². The molecule has 3 rings (SSSR count). The molecule has 1 aromatic carbocycles.